The molecular weight excluding hydrogens is 784 g/mol. The van der Waals surface area contributed by atoms with Crippen molar-refractivity contribution in [2.24, 2.45) is 0 Å². The Balaban J connectivity index is 0.000000185. The van der Waals surface area contributed by atoms with Crippen LogP contribution in [-0.4, -0.2) is 28.4 Å². The molecule has 0 amide bonds. The minimum atomic E-state index is 0.800. The molecule has 0 aliphatic rings. The molecule has 0 N–H and O–H groups in total. The number of thiophene rings is 4. The average Bonchev–Trinajstić information content (AvgIpc) is 3.94. The summed E-state index contributed by atoms with van der Waals surface area (Å²) in [4.78, 5) is 1.23. The fourth-order valence-corrected chi connectivity index (χ4v) is 6.79. The fraction of sp³-hybridized carbons (Fsp3) is 0.111. The minimum absolute atomic E-state index is 0.800. The molecule has 0 fully saturated rings. The summed E-state index contributed by atoms with van der Waals surface area (Å²) >= 11 is 13.4. The van der Waals surface area contributed by atoms with Crippen LogP contribution in [0.5, 0.6) is 23.0 Å². The monoisotopic (exact) mass is 816 g/mol. The van der Waals surface area contributed by atoms with Gasteiger partial charge in [0.2, 0.25) is 0 Å². The number of hydrogen-bond donors (Lipinski definition) is 0. The van der Waals surface area contributed by atoms with E-state index in [9.17, 15) is 0 Å². The van der Waals surface area contributed by atoms with Crippen molar-refractivity contribution < 1.29 is 18.9 Å². The van der Waals surface area contributed by atoms with Crippen molar-refractivity contribution in [3.05, 3.63) is 135 Å². The molecule has 0 unspecified atom stereocenters. The van der Waals surface area contributed by atoms with E-state index >= 15 is 0 Å². The highest BCUT2D eigenvalue weighted by molar-refractivity contribution is 9.11. The second kappa shape index (κ2) is 21.6. The molecule has 6 aromatic rings. The second-order valence-corrected chi connectivity index (χ2v) is 14.7. The van der Waals surface area contributed by atoms with Crippen molar-refractivity contribution in [1.82, 2.24) is 0 Å². The van der Waals surface area contributed by atoms with Crippen LogP contribution in [0.3, 0.4) is 0 Å². The largest absolute Gasteiger partial charge is 0.497 e. The van der Waals surface area contributed by atoms with Crippen molar-refractivity contribution in [3.8, 4) is 23.0 Å². The van der Waals surface area contributed by atoms with Crippen LogP contribution >= 0.6 is 77.2 Å². The Hall–Kier alpha value is -3.12. The van der Waals surface area contributed by atoms with E-state index in [0.717, 1.165) is 34.1 Å². The van der Waals surface area contributed by atoms with E-state index in [1.54, 1.807) is 73.8 Å². The first-order chi connectivity index (χ1) is 22.4. The quantitative estimate of drug-likeness (QED) is 0.153. The highest BCUT2D eigenvalue weighted by Crippen LogP contribution is 2.25. The van der Waals surface area contributed by atoms with E-state index in [-0.39, 0.29) is 0 Å². The van der Waals surface area contributed by atoms with Gasteiger partial charge < -0.3 is 18.9 Å². The minimum Gasteiger partial charge on any atom is -0.497 e. The zero-order valence-corrected chi connectivity index (χ0v) is 32.2. The van der Waals surface area contributed by atoms with Gasteiger partial charge in [-0.3, -0.25) is 0 Å². The van der Waals surface area contributed by atoms with Gasteiger partial charge in [0.05, 0.1) is 32.2 Å². The maximum absolute atomic E-state index is 5.22. The molecule has 0 saturated carbocycles. The van der Waals surface area contributed by atoms with Crippen molar-refractivity contribution in [3.63, 3.8) is 0 Å². The summed E-state index contributed by atoms with van der Waals surface area (Å²) in [6.45, 7) is 0. The van der Waals surface area contributed by atoms with Crippen LogP contribution in [0.2, 0.25) is 0 Å². The summed E-state index contributed by atoms with van der Waals surface area (Å²) in [6, 6.07) is 23.9. The van der Waals surface area contributed by atoms with Crippen LogP contribution in [0.25, 0.3) is 24.3 Å². The summed E-state index contributed by atoms with van der Waals surface area (Å²) in [5.74, 6) is 3.20. The zero-order valence-electron chi connectivity index (χ0n) is 25.7. The Morgan fingerprint density at radius 3 is 1.35 bits per heavy atom. The summed E-state index contributed by atoms with van der Waals surface area (Å²) in [5.41, 5.74) is 3.33. The Labute approximate surface area is 304 Å². The molecule has 240 valence electrons. The van der Waals surface area contributed by atoms with Gasteiger partial charge in [0, 0.05) is 26.9 Å². The zero-order chi connectivity index (χ0) is 33.0. The number of hydrogen-bond acceptors (Lipinski definition) is 8. The fourth-order valence-electron chi connectivity index (χ4n) is 3.48. The first-order valence-corrected chi connectivity index (χ1v) is 18.9. The highest BCUT2D eigenvalue weighted by Gasteiger charge is 2.00. The second-order valence-electron chi connectivity index (χ2n) is 8.89. The summed E-state index contributed by atoms with van der Waals surface area (Å²) < 4.78 is 23.3. The molecule has 46 heavy (non-hydrogen) atoms. The van der Waals surface area contributed by atoms with E-state index in [0.29, 0.717) is 0 Å². The van der Waals surface area contributed by atoms with Crippen LogP contribution in [0.15, 0.2) is 113 Å². The maximum atomic E-state index is 5.22. The predicted octanol–water partition coefficient (Wildman–Crippen LogP) is 12.9. The smallest absolute Gasteiger partial charge is 0.123 e. The van der Waals surface area contributed by atoms with E-state index in [1.165, 1.54) is 18.7 Å². The average molecular weight is 819 g/mol. The number of ether oxygens (including phenoxy) is 4. The molecule has 0 aliphatic heterocycles. The summed E-state index contributed by atoms with van der Waals surface area (Å²) in [5, 5.41) is 12.3. The normalized spacial score (nSPS) is 10.2. The van der Waals surface area contributed by atoms with E-state index in [4.69, 9.17) is 18.9 Å². The van der Waals surface area contributed by atoms with Gasteiger partial charge in [-0.25, -0.2) is 0 Å². The van der Waals surface area contributed by atoms with Gasteiger partial charge in [-0.1, -0.05) is 30.4 Å². The standard InChI is InChI=1S/2C14H14O2S.2C4H3BrS/c1-15-13-7-12(8-14(9-13)16-2)4-3-11-5-6-17-10-11;1-15-12-8-11(9-13(10-12)16-2)5-6-14-4-3-7-17-14;5-4-1-2-6-3-4;5-4-2-1-3-6-4/h2*3-10H,1-2H3;2*1-3H/b4-3+;6-5+;;. The Morgan fingerprint density at radius 1 is 0.500 bits per heavy atom. The molecule has 10 heteroatoms. The molecule has 4 heterocycles. The lowest BCUT2D eigenvalue weighted by Crippen LogP contribution is -1.87. The topological polar surface area (TPSA) is 36.9 Å². The van der Waals surface area contributed by atoms with Gasteiger partial charge in [-0.05, 0) is 130 Å². The molecule has 0 saturated heterocycles. The lowest BCUT2D eigenvalue weighted by Gasteiger charge is -2.05. The number of benzene rings is 2. The summed E-state index contributed by atoms with van der Waals surface area (Å²) in [6.07, 6.45) is 8.26. The van der Waals surface area contributed by atoms with Crippen molar-refractivity contribution in [1.29, 1.82) is 0 Å². The summed E-state index contributed by atoms with van der Waals surface area (Å²) in [7, 11) is 6.62. The van der Waals surface area contributed by atoms with E-state index in [1.807, 2.05) is 82.9 Å². The van der Waals surface area contributed by atoms with Gasteiger partial charge in [0.15, 0.2) is 0 Å². The van der Waals surface area contributed by atoms with E-state index < -0.39 is 0 Å². The maximum Gasteiger partial charge on any atom is 0.123 e. The molecule has 2 aromatic carbocycles. The third kappa shape index (κ3) is 14.5. The molecule has 0 spiro atoms. The van der Waals surface area contributed by atoms with Crippen LogP contribution < -0.4 is 18.9 Å². The van der Waals surface area contributed by atoms with Gasteiger partial charge in [0.1, 0.15) is 23.0 Å². The molecule has 0 bridgehead atoms. The van der Waals surface area contributed by atoms with Crippen molar-refractivity contribution in [2.75, 3.05) is 28.4 Å². The first-order valence-electron chi connectivity index (χ1n) is 13.7. The third-order valence-electron chi connectivity index (χ3n) is 5.72. The molecule has 0 radical (unpaired) electrons. The van der Waals surface area contributed by atoms with E-state index in [2.05, 4.69) is 78.4 Å². The molecule has 4 aromatic heterocycles. The molecule has 0 aliphatic carbocycles. The molecule has 4 nitrogen and oxygen atoms in total. The number of halogens is 2. The van der Waals surface area contributed by atoms with Gasteiger partial charge in [-0.2, -0.15) is 22.7 Å². The number of methoxy groups -OCH3 is 4. The lowest BCUT2D eigenvalue weighted by atomic mass is 10.1. The molecular formula is C36H34Br2O4S4. The molecule has 0 atom stereocenters. The van der Waals surface area contributed by atoms with Gasteiger partial charge in [-0.15, -0.1) is 22.7 Å². The first kappa shape index (κ1) is 37.3. The third-order valence-corrected chi connectivity index (χ3v) is 10.2. The Morgan fingerprint density at radius 2 is 1.00 bits per heavy atom. The van der Waals surface area contributed by atoms with Gasteiger partial charge >= 0.3 is 0 Å². The SMILES string of the molecule is Brc1cccs1.Brc1ccsc1.COc1cc(/C=C/c2cccs2)cc(OC)c1.COc1cc(/C=C/c2ccsc2)cc(OC)c1. The predicted molar refractivity (Wildman–Crippen MR) is 210 cm³/mol. The van der Waals surface area contributed by atoms with Crippen molar-refractivity contribution in [2.45, 2.75) is 0 Å². The Bertz CT molecular complexity index is 1520. The number of rotatable bonds is 8. The van der Waals surface area contributed by atoms with Gasteiger partial charge in [0.25, 0.3) is 0 Å². The van der Waals surface area contributed by atoms with Crippen LogP contribution in [0.1, 0.15) is 21.6 Å². The van der Waals surface area contributed by atoms with Crippen molar-refractivity contribution >= 4 is 102 Å². The van der Waals surface area contributed by atoms with Crippen LogP contribution in [0.4, 0.5) is 0 Å². The Kier molecular flexibility index (Phi) is 17.6. The van der Waals surface area contributed by atoms with Crippen LogP contribution in [0, 0.1) is 0 Å². The van der Waals surface area contributed by atoms with Crippen LogP contribution in [-0.2, 0) is 0 Å². The lowest BCUT2D eigenvalue weighted by molar-refractivity contribution is 0.394. The molecule has 6 rings (SSSR count). The highest BCUT2D eigenvalue weighted by atomic mass is 79.9.